The topological polar surface area (TPSA) is 224 Å². The molecule has 11 amide bonds. The van der Waals surface area contributed by atoms with E-state index in [-0.39, 0.29) is 75.0 Å². The van der Waals surface area contributed by atoms with Crippen LogP contribution in [0.5, 0.6) is 0 Å². The Morgan fingerprint density at radius 1 is 0.829 bits per heavy atom. The molecule has 2 rings (SSSR count). The molecule has 7 N–H and O–H groups in total. The number of hydrogen-bond donors (Lipinski definition) is 5. The summed E-state index contributed by atoms with van der Waals surface area (Å²) in [5.41, 5.74) is 8.50. The van der Waals surface area contributed by atoms with Crippen LogP contribution in [0.1, 0.15) is 14.4 Å². The predicted molar refractivity (Wildman–Crippen MR) is 149 cm³/mol. The number of nitrogens with two attached hydrogens (primary N) is 2. The van der Waals surface area contributed by atoms with Crippen molar-refractivity contribution < 1.29 is 42.5 Å². The summed E-state index contributed by atoms with van der Waals surface area (Å²) in [5, 5.41) is 8.23. The van der Waals surface area contributed by atoms with Crippen LogP contribution in [0.15, 0.2) is 0 Å². The van der Waals surface area contributed by atoms with Crippen molar-refractivity contribution in [2.45, 2.75) is 14.4 Å². The number of primary amides is 2. The molecule has 2 aliphatic rings. The van der Waals surface area contributed by atoms with Gasteiger partial charge in [0.1, 0.15) is 20.1 Å². The summed E-state index contributed by atoms with van der Waals surface area (Å²) < 4.78 is -0.526. The zero-order chi connectivity index (χ0) is 31.4. The Balaban J connectivity index is 0. The minimum absolute atomic E-state index is 0. The van der Waals surface area contributed by atoms with Gasteiger partial charge in [-0.15, -0.1) is 0 Å². The third-order valence-corrected chi connectivity index (χ3v) is 5.77. The van der Waals surface area contributed by atoms with Crippen LogP contribution < -0.4 is 27.4 Å². The van der Waals surface area contributed by atoms with E-state index < -0.39 is 24.1 Å². The first kappa shape index (κ1) is 38.9. The molecule has 1 atom stereocenters. The molecule has 0 spiro atoms. The maximum absolute atomic E-state index is 13.8. The Morgan fingerprint density at radius 2 is 1.32 bits per heavy atom. The van der Waals surface area contributed by atoms with E-state index in [1.165, 1.54) is 31.4 Å². The molecule has 1 unspecified atom stereocenters. The highest BCUT2D eigenvalue weighted by Crippen LogP contribution is 2.18. The predicted octanol–water partition coefficient (Wildman–Crippen LogP) is -2.09. The monoisotopic (exact) mass is 592 g/mol. The average Bonchev–Trinajstić information content (AvgIpc) is 2.86. The van der Waals surface area contributed by atoms with E-state index in [9.17, 15) is 24.0 Å². The van der Waals surface area contributed by atoms with Crippen LogP contribution in [-0.2, 0) is 9.59 Å². The second-order valence-corrected chi connectivity index (χ2v) is 10.0. The van der Waals surface area contributed by atoms with E-state index in [1.807, 2.05) is 6.79 Å². The summed E-state index contributed by atoms with van der Waals surface area (Å²) in [7, 11) is 9.81. The second-order valence-electron chi connectivity index (χ2n) is 10.0. The number of urea groups is 5. The number of amides is 11. The molecule has 2 fully saturated rings. The van der Waals surface area contributed by atoms with Gasteiger partial charge in [-0.2, -0.15) is 8.97 Å². The minimum atomic E-state index is -0.833. The van der Waals surface area contributed by atoms with Gasteiger partial charge in [-0.3, -0.25) is 24.8 Å². The standard InChI is InChI=1S/C19H37N10O5.CH4N2O.CH2O.CH4/c1-15(30)26-10-21-16(31)22-11-27-13-29(7,19(34)25(4)12-26)14-28(5,6)18(33)24(3)9-20-8-23(2)17(27)32;2-1(3)4;1-2;/h20H,8-14H2,1-7H3,(H-,21,22,31);(H4,2,3,4);1H2;1H4/q+1;;;/p+1. The van der Waals surface area contributed by atoms with Gasteiger partial charge < -0.3 is 36.7 Å². The molecular formula is C22H48N12O7+2. The Labute approximate surface area is 241 Å². The quantitative estimate of drug-likeness (QED) is 0.196. The molecule has 2 saturated heterocycles. The maximum atomic E-state index is 13.8. The van der Waals surface area contributed by atoms with Crippen LogP contribution >= 0.6 is 0 Å². The third kappa shape index (κ3) is 11.8. The largest absolute Gasteiger partial charge is 0.426 e. The van der Waals surface area contributed by atoms with E-state index in [1.54, 1.807) is 42.3 Å². The van der Waals surface area contributed by atoms with E-state index in [2.05, 4.69) is 27.4 Å². The number of nitrogens with zero attached hydrogens (tertiary/aromatic N) is 7. The van der Waals surface area contributed by atoms with Gasteiger partial charge in [0.2, 0.25) is 12.6 Å². The lowest BCUT2D eigenvalue weighted by Gasteiger charge is -2.43. The molecule has 0 aromatic carbocycles. The summed E-state index contributed by atoms with van der Waals surface area (Å²) in [6, 6.07) is -2.43. The van der Waals surface area contributed by atoms with Crippen LogP contribution in [0, 0.1) is 0 Å². The molecule has 0 aromatic heterocycles. The molecule has 19 heteroatoms. The molecule has 0 saturated carbocycles. The van der Waals surface area contributed by atoms with Gasteiger partial charge in [0, 0.05) is 28.1 Å². The van der Waals surface area contributed by atoms with E-state index >= 15 is 0 Å². The fraction of sp³-hybridized carbons (Fsp3) is 0.682. The van der Waals surface area contributed by atoms with Gasteiger partial charge in [-0.05, 0) is 0 Å². The summed E-state index contributed by atoms with van der Waals surface area (Å²) in [5.74, 6) is -0.327. The van der Waals surface area contributed by atoms with Crippen LogP contribution in [0.4, 0.5) is 24.0 Å². The molecule has 0 radical (unpaired) electrons. The molecule has 0 aromatic rings. The maximum Gasteiger partial charge on any atom is 0.426 e. The lowest BCUT2D eigenvalue weighted by atomic mass is 10.4. The van der Waals surface area contributed by atoms with E-state index in [0.29, 0.717) is 0 Å². The Hall–Kier alpha value is -4.23. The number of hydrogen-bond acceptors (Lipinski definition) is 8. The molecular weight excluding hydrogens is 544 g/mol. The first-order valence-corrected chi connectivity index (χ1v) is 11.9. The Morgan fingerprint density at radius 3 is 1.83 bits per heavy atom. The van der Waals surface area contributed by atoms with Crippen molar-refractivity contribution in [3.63, 3.8) is 0 Å². The number of carbonyl (C=O) groups excluding carboxylic acids is 7. The molecule has 19 nitrogen and oxygen atoms in total. The highest BCUT2D eigenvalue weighted by atomic mass is 16.2. The van der Waals surface area contributed by atoms with Crippen LogP contribution in [0.2, 0.25) is 0 Å². The highest BCUT2D eigenvalue weighted by Gasteiger charge is 2.47. The number of quaternary nitrogens is 2. The van der Waals surface area contributed by atoms with Gasteiger partial charge in [-0.25, -0.2) is 24.0 Å². The van der Waals surface area contributed by atoms with Gasteiger partial charge in [-0.1, -0.05) is 7.43 Å². The lowest BCUT2D eigenvalue weighted by molar-refractivity contribution is -1.01. The fourth-order valence-corrected chi connectivity index (χ4v) is 4.17. The van der Waals surface area contributed by atoms with E-state index in [4.69, 9.17) is 9.59 Å². The summed E-state index contributed by atoms with van der Waals surface area (Å²) in [6.07, 6.45) is 0. The van der Waals surface area contributed by atoms with Crippen molar-refractivity contribution in [1.82, 2.24) is 40.4 Å². The number of fused-ring (bicyclic) bond motifs is 2. The van der Waals surface area contributed by atoms with Gasteiger partial charge in [0.25, 0.3) is 0 Å². The van der Waals surface area contributed by atoms with Crippen LogP contribution in [-0.4, -0.2) is 165 Å². The Kier molecular flexibility index (Phi) is 15.9. The molecule has 41 heavy (non-hydrogen) atoms. The lowest BCUT2D eigenvalue weighted by Crippen LogP contribution is -2.71. The smallest absolute Gasteiger partial charge is 0.352 e. The number of rotatable bonds is 0. The minimum Gasteiger partial charge on any atom is -0.352 e. The highest BCUT2D eigenvalue weighted by molar-refractivity contribution is 5.78. The zero-order valence-corrected chi connectivity index (χ0v) is 24.3. The van der Waals surface area contributed by atoms with Crippen molar-refractivity contribution in [1.29, 1.82) is 0 Å². The summed E-state index contributed by atoms with van der Waals surface area (Å²) in [4.78, 5) is 88.5. The van der Waals surface area contributed by atoms with Crippen molar-refractivity contribution in [2.24, 2.45) is 11.5 Å². The van der Waals surface area contributed by atoms with Gasteiger partial charge in [0.05, 0.1) is 41.1 Å². The van der Waals surface area contributed by atoms with Crippen molar-refractivity contribution in [3.05, 3.63) is 0 Å². The molecule has 2 bridgehead atoms. The normalized spacial score (nSPS) is 22.3. The fourth-order valence-electron chi connectivity index (χ4n) is 4.17. The van der Waals surface area contributed by atoms with Gasteiger partial charge >= 0.3 is 30.2 Å². The average molecular weight is 593 g/mol. The number of nitrogens with one attached hydrogen (secondary N) is 3. The van der Waals surface area contributed by atoms with E-state index in [0.717, 1.165) is 0 Å². The summed E-state index contributed by atoms with van der Waals surface area (Å²) in [6.45, 7) is 3.21. The molecule has 0 aliphatic carbocycles. The van der Waals surface area contributed by atoms with Crippen LogP contribution in [0.25, 0.3) is 0 Å². The molecule has 2 heterocycles. The number of carbonyl (C=O) groups is 7. The summed E-state index contributed by atoms with van der Waals surface area (Å²) >= 11 is 0. The molecule has 236 valence electrons. The third-order valence-electron chi connectivity index (χ3n) is 5.77. The van der Waals surface area contributed by atoms with Crippen molar-refractivity contribution >= 4 is 42.9 Å². The second kappa shape index (κ2) is 16.8. The first-order chi connectivity index (χ1) is 18.4. The molecule has 2 aliphatic heterocycles. The first-order valence-electron chi connectivity index (χ1n) is 11.9. The SMILES string of the molecule is C.C=O.CC(=O)N1CNC(=O)NCN2C[N+](C)(C[N+](C)(C)C(=O)N(C)CNCN(C)C2=O)C(=O)N(C)C1.NC(N)=O. The zero-order valence-electron chi connectivity index (χ0n) is 24.3. The van der Waals surface area contributed by atoms with Gasteiger partial charge in [0.15, 0.2) is 6.67 Å². The van der Waals surface area contributed by atoms with Crippen LogP contribution in [0.3, 0.4) is 0 Å². The Bertz CT molecular complexity index is 946. The van der Waals surface area contributed by atoms with Crippen molar-refractivity contribution in [2.75, 3.05) is 89.0 Å². The van der Waals surface area contributed by atoms with Crippen molar-refractivity contribution in [3.8, 4) is 0 Å².